The number of esters is 1. The highest BCUT2D eigenvalue weighted by Gasteiger charge is 2.37. The molecule has 0 aromatic heterocycles. The number of hydrogen-bond donors (Lipinski definition) is 1. The zero-order chi connectivity index (χ0) is 22.8. The van der Waals surface area contributed by atoms with Gasteiger partial charge in [0, 0.05) is 17.6 Å². The smallest absolute Gasteiger partial charge is 0.338 e. The number of benzene rings is 3. The number of fused-ring (bicyclic) bond motifs is 1. The van der Waals surface area contributed by atoms with E-state index in [4.69, 9.17) is 16.3 Å². The van der Waals surface area contributed by atoms with Gasteiger partial charge >= 0.3 is 5.97 Å². The van der Waals surface area contributed by atoms with Crippen molar-refractivity contribution in [3.8, 4) is 0 Å². The van der Waals surface area contributed by atoms with Crippen LogP contribution in [-0.4, -0.2) is 23.7 Å². The molecule has 3 aromatic carbocycles. The number of imide groups is 1. The first kappa shape index (κ1) is 21.3. The van der Waals surface area contributed by atoms with Gasteiger partial charge in [-0.2, -0.15) is 0 Å². The van der Waals surface area contributed by atoms with Crippen LogP contribution in [0.1, 0.15) is 43.6 Å². The van der Waals surface area contributed by atoms with Crippen LogP contribution >= 0.6 is 11.6 Å². The van der Waals surface area contributed by atoms with Crippen LogP contribution in [0.2, 0.25) is 5.02 Å². The molecule has 0 saturated carbocycles. The summed E-state index contributed by atoms with van der Waals surface area (Å²) in [6.07, 6.45) is 0. The number of amides is 3. The van der Waals surface area contributed by atoms with Gasteiger partial charge in [-0.3, -0.25) is 14.4 Å². The normalized spacial score (nSPS) is 12.5. The molecule has 0 aliphatic carbocycles. The molecule has 4 rings (SSSR count). The molecule has 1 heterocycles. The summed E-state index contributed by atoms with van der Waals surface area (Å²) in [5.74, 6) is -1.86. The number of rotatable bonds is 5. The van der Waals surface area contributed by atoms with Gasteiger partial charge in [0.1, 0.15) is 6.61 Å². The molecule has 0 bridgehead atoms. The highest BCUT2D eigenvalue weighted by molar-refractivity contribution is 6.34. The number of hydrogen-bond acceptors (Lipinski definition) is 5. The van der Waals surface area contributed by atoms with Gasteiger partial charge in [-0.1, -0.05) is 23.7 Å². The monoisotopic (exact) mass is 448 g/mol. The van der Waals surface area contributed by atoms with Crippen molar-refractivity contribution in [1.82, 2.24) is 0 Å². The average molecular weight is 449 g/mol. The van der Waals surface area contributed by atoms with Crippen LogP contribution in [0.15, 0.2) is 66.7 Å². The maximum absolute atomic E-state index is 12.9. The molecule has 0 atom stereocenters. The Morgan fingerprint density at radius 1 is 0.906 bits per heavy atom. The molecule has 0 radical (unpaired) electrons. The number of nitrogens with one attached hydrogen (secondary N) is 1. The van der Waals surface area contributed by atoms with Gasteiger partial charge in [0.05, 0.1) is 22.4 Å². The Kier molecular flexibility index (Phi) is 5.75. The van der Waals surface area contributed by atoms with E-state index in [2.05, 4.69) is 5.32 Å². The van der Waals surface area contributed by atoms with Gasteiger partial charge in [0.25, 0.3) is 11.8 Å². The topological polar surface area (TPSA) is 92.8 Å². The molecule has 3 amide bonds. The van der Waals surface area contributed by atoms with E-state index < -0.39 is 17.8 Å². The number of carbonyl (C=O) groups excluding carboxylic acids is 4. The fourth-order valence-corrected chi connectivity index (χ4v) is 3.44. The number of nitrogens with zero attached hydrogens (tertiary/aromatic N) is 1. The van der Waals surface area contributed by atoms with E-state index in [-0.39, 0.29) is 29.2 Å². The number of carbonyl (C=O) groups is 4. The summed E-state index contributed by atoms with van der Waals surface area (Å²) in [5, 5.41) is 3.20. The Balaban J connectivity index is 1.51. The minimum atomic E-state index is -0.610. The van der Waals surface area contributed by atoms with E-state index in [1.165, 1.54) is 25.1 Å². The Morgan fingerprint density at radius 2 is 1.56 bits per heavy atom. The van der Waals surface area contributed by atoms with Gasteiger partial charge in [-0.25, -0.2) is 9.69 Å². The Hall–Kier alpha value is -3.97. The van der Waals surface area contributed by atoms with Gasteiger partial charge in [-0.05, 0) is 60.2 Å². The van der Waals surface area contributed by atoms with Crippen molar-refractivity contribution in [2.75, 3.05) is 10.2 Å². The van der Waals surface area contributed by atoms with E-state index in [9.17, 15) is 19.2 Å². The van der Waals surface area contributed by atoms with E-state index in [0.717, 1.165) is 10.5 Å². The van der Waals surface area contributed by atoms with Crippen LogP contribution in [0.5, 0.6) is 0 Å². The van der Waals surface area contributed by atoms with Gasteiger partial charge in [0.15, 0.2) is 0 Å². The molecule has 3 aromatic rings. The molecule has 0 unspecified atom stereocenters. The summed E-state index contributed by atoms with van der Waals surface area (Å²) >= 11 is 5.85. The SMILES string of the molecule is CC(=O)Nc1ccc(N2C(=O)c3ccc(C(=O)OCc4ccc(Cl)cc4)cc3C2=O)cc1. The lowest BCUT2D eigenvalue weighted by atomic mass is 10.1. The number of anilines is 2. The summed E-state index contributed by atoms with van der Waals surface area (Å²) < 4.78 is 5.31. The fourth-order valence-electron chi connectivity index (χ4n) is 3.31. The summed E-state index contributed by atoms with van der Waals surface area (Å²) in [7, 11) is 0. The van der Waals surface area contributed by atoms with Gasteiger partial charge in [-0.15, -0.1) is 0 Å². The molecule has 8 heteroatoms. The lowest BCUT2D eigenvalue weighted by Gasteiger charge is -2.14. The fraction of sp³-hybridized carbons (Fsp3) is 0.0833. The highest BCUT2D eigenvalue weighted by atomic mass is 35.5. The molecule has 0 spiro atoms. The summed E-state index contributed by atoms with van der Waals surface area (Å²) in [6, 6.07) is 17.5. The maximum atomic E-state index is 12.9. The van der Waals surface area contributed by atoms with E-state index in [1.54, 1.807) is 48.5 Å². The first-order valence-corrected chi connectivity index (χ1v) is 10.0. The quantitative estimate of drug-likeness (QED) is 0.459. The summed E-state index contributed by atoms with van der Waals surface area (Å²) in [4.78, 5) is 50.4. The van der Waals surface area contributed by atoms with Crippen molar-refractivity contribution in [2.45, 2.75) is 13.5 Å². The Morgan fingerprint density at radius 3 is 2.22 bits per heavy atom. The molecule has 0 saturated heterocycles. The largest absolute Gasteiger partial charge is 0.457 e. The van der Waals surface area contributed by atoms with Crippen LogP contribution in [0.25, 0.3) is 0 Å². The predicted octanol–water partition coefficient (Wildman–Crippen LogP) is 4.46. The summed E-state index contributed by atoms with van der Waals surface area (Å²) in [5.41, 5.74) is 2.17. The molecule has 0 fully saturated rings. The van der Waals surface area contributed by atoms with Gasteiger partial charge < -0.3 is 10.1 Å². The van der Waals surface area contributed by atoms with Crippen LogP contribution in [0, 0.1) is 0 Å². The zero-order valence-corrected chi connectivity index (χ0v) is 17.7. The van der Waals surface area contributed by atoms with E-state index in [1.807, 2.05) is 0 Å². The molecule has 1 aliphatic rings. The van der Waals surface area contributed by atoms with Gasteiger partial charge in [0.2, 0.25) is 5.91 Å². The van der Waals surface area contributed by atoms with Crippen molar-refractivity contribution in [2.24, 2.45) is 0 Å². The van der Waals surface area contributed by atoms with Crippen molar-refractivity contribution < 1.29 is 23.9 Å². The van der Waals surface area contributed by atoms with Crippen LogP contribution in [-0.2, 0) is 16.1 Å². The molecule has 32 heavy (non-hydrogen) atoms. The maximum Gasteiger partial charge on any atom is 0.338 e. The zero-order valence-electron chi connectivity index (χ0n) is 16.9. The summed E-state index contributed by atoms with van der Waals surface area (Å²) in [6.45, 7) is 1.43. The molecule has 7 nitrogen and oxygen atoms in total. The van der Waals surface area contributed by atoms with Crippen LogP contribution in [0.4, 0.5) is 11.4 Å². The van der Waals surface area contributed by atoms with E-state index in [0.29, 0.717) is 16.4 Å². The standard InChI is InChI=1S/C24H17ClN2O5/c1-14(28)26-18-7-9-19(10-8-18)27-22(29)20-11-4-16(12-21(20)23(27)30)24(31)32-13-15-2-5-17(25)6-3-15/h2-12H,13H2,1H3,(H,26,28). The number of halogens is 1. The molecule has 1 N–H and O–H groups in total. The molecular formula is C24H17ClN2O5. The van der Waals surface area contributed by atoms with Crippen molar-refractivity contribution in [3.05, 3.63) is 94.0 Å². The van der Waals surface area contributed by atoms with Crippen molar-refractivity contribution >= 4 is 46.7 Å². The molecule has 160 valence electrons. The van der Waals surface area contributed by atoms with Crippen molar-refractivity contribution in [3.63, 3.8) is 0 Å². The van der Waals surface area contributed by atoms with E-state index >= 15 is 0 Å². The van der Waals surface area contributed by atoms with Crippen molar-refractivity contribution in [1.29, 1.82) is 0 Å². The molecule has 1 aliphatic heterocycles. The Bertz CT molecular complexity index is 1240. The Labute approximate surface area is 188 Å². The predicted molar refractivity (Wildman–Crippen MR) is 119 cm³/mol. The first-order chi connectivity index (χ1) is 15.3. The minimum absolute atomic E-state index is 0.0483. The van der Waals surface area contributed by atoms with Crippen LogP contribution < -0.4 is 10.2 Å². The highest BCUT2D eigenvalue weighted by Crippen LogP contribution is 2.30. The third kappa shape index (κ3) is 4.24. The third-order valence-corrected chi connectivity index (χ3v) is 5.10. The number of ether oxygens (including phenoxy) is 1. The third-order valence-electron chi connectivity index (χ3n) is 4.85. The van der Waals surface area contributed by atoms with Crippen LogP contribution in [0.3, 0.4) is 0 Å². The molecular weight excluding hydrogens is 432 g/mol. The average Bonchev–Trinajstić information content (AvgIpc) is 3.03. The lowest BCUT2D eigenvalue weighted by molar-refractivity contribution is -0.114. The second-order valence-electron chi connectivity index (χ2n) is 7.14. The second kappa shape index (κ2) is 8.64. The minimum Gasteiger partial charge on any atom is -0.457 e. The lowest BCUT2D eigenvalue weighted by Crippen LogP contribution is -2.29. The first-order valence-electron chi connectivity index (χ1n) is 9.65. The second-order valence-corrected chi connectivity index (χ2v) is 7.57.